The number of ether oxygens (including phenoxy) is 1. The second-order valence-electron chi connectivity index (χ2n) is 5.22. The van der Waals surface area contributed by atoms with Gasteiger partial charge in [0.25, 0.3) is 0 Å². The van der Waals surface area contributed by atoms with Gasteiger partial charge >= 0.3 is 0 Å². The quantitative estimate of drug-likeness (QED) is 0.807. The van der Waals surface area contributed by atoms with Crippen LogP contribution in [0.2, 0.25) is 5.02 Å². The van der Waals surface area contributed by atoms with Gasteiger partial charge in [-0.2, -0.15) is 0 Å². The van der Waals surface area contributed by atoms with Gasteiger partial charge in [-0.3, -0.25) is 0 Å². The Morgan fingerprint density at radius 3 is 2.67 bits per heavy atom. The molecule has 0 atom stereocenters. The van der Waals surface area contributed by atoms with E-state index in [1.54, 1.807) is 6.20 Å². The molecule has 0 saturated carbocycles. The Balaban J connectivity index is 2.42. The summed E-state index contributed by atoms with van der Waals surface area (Å²) in [4.78, 5) is 4.30. The fourth-order valence-corrected chi connectivity index (χ4v) is 2.85. The van der Waals surface area contributed by atoms with Crippen molar-refractivity contribution in [3.63, 3.8) is 0 Å². The van der Waals surface area contributed by atoms with E-state index < -0.39 is 0 Å². The largest absolute Gasteiger partial charge is 0.438 e. The molecule has 5 heteroatoms. The maximum atomic E-state index is 6.28. The lowest BCUT2D eigenvalue weighted by molar-refractivity contribution is 0.452. The minimum atomic E-state index is 0.326. The van der Waals surface area contributed by atoms with E-state index in [0.29, 0.717) is 18.3 Å². The van der Waals surface area contributed by atoms with Crippen molar-refractivity contribution in [2.45, 2.75) is 33.2 Å². The molecule has 2 rings (SSSR count). The highest BCUT2D eigenvalue weighted by Crippen LogP contribution is 2.34. The molecule has 0 aliphatic rings. The van der Waals surface area contributed by atoms with E-state index in [1.165, 1.54) is 0 Å². The predicted molar refractivity (Wildman–Crippen MR) is 90.2 cm³/mol. The van der Waals surface area contributed by atoms with Crippen molar-refractivity contribution < 1.29 is 4.74 Å². The normalized spacial score (nSPS) is 11.0. The molecular weight excluding hydrogens is 352 g/mol. The van der Waals surface area contributed by atoms with Gasteiger partial charge in [-0.05, 0) is 58.1 Å². The molecule has 0 bridgehead atoms. The number of nitrogens with zero attached hydrogens (tertiary/aromatic N) is 1. The number of hydrogen-bond donors (Lipinski definition) is 1. The van der Waals surface area contributed by atoms with Gasteiger partial charge in [0.05, 0.1) is 0 Å². The third-order valence-electron chi connectivity index (χ3n) is 3.23. The SMILES string of the molecule is Cc1cc(Cl)c(C(C)C)cc1Oc1ncc(Br)cc1CN. The van der Waals surface area contributed by atoms with E-state index in [2.05, 4.69) is 34.8 Å². The van der Waals surface area contributed by atoms with Crippen molar-refractivity contribution in [1.29, 1.82) is 0 Å². The second kappa shape index (κ2) is 6.77. The summed E-state index contributed by atoms with van der Waals surface area (Å²) in [5.74, 6) is 1.61. The Morgan fingerprint density at radius 1 is 1.33 bits per heavy atom. The molecule has 0 radical (unpaired) electrons. The molecule has 3 nitrogen and oxygen atoms in total. The lowest BCUT2D eigenvalue weighted by Crippen LogP contribution is -2.02. The summed E-state index contributed by atoms with van der Waals surface area (Å²) in [5.41, 5.74) is 8.63. The first-order chi connectivity index (χ1) is 9.92. The highest BCUT2D eigenvalue weighted by molar-refractivity contribution is 9.10. The summed E-state index contributed by atoms with van der Waals surface area (Å²) in [6.07, 6.45) is 1.70. The average Bonchev–Trinajstić information content (AvgIpc) is 2.42. The molecule has 0 aliphatic carbocycles. The predicted octanol–water partition coefficient (Wildman–Crippen LogP) is 5.18. The number of halogens is 2. The van der Waals surface area contributed by atoms with Crippen LogP contribution in [-0.4, -0.2) is 4.98 Å². The van der Waals surface area contributed by atoms with E-state index in [-0.39, 0.29) is 0 Å². The van der Waals surface area contributed by atoms with Gasteiger partial charge in [-0.25, -0.2) is 4.98 Å². The van der Waals surface area contributed by atoms with Crippen LogP contribution in [0.5, 0.6) is 11.6 Å². The van der Waals surface area contributed by atoms with Crippen LogP contribution < -0.4 is 10.5 Å². The Hall–Kier alpha value is -1.10. The topological polar surface area (TPSA) is 48.1 Å². The van der Waals surface area contributed by atoms with Crippen molar-refractivity contribution in [3.8, 4) is 11.6 Å². The zero-order valence-electron chi connectivity index (χ0n) is 12.3. The van der Waals surface area contributed by atoms with Crippen molar-refractivity contribution in [2.24, 2.45) is 5.73 Å². The van der Waals surface area contributed by atoms with Crippen molar-refractivity contribution >= 4 is 27.5 Å². The first-order valence-corrected chi connectivity index (χ1v) is 7.91. The highest BCUT2D eigenvalue weighted by Gasteiger charge is 2.13. The molecule has 112 valence electrons. The molecule has 0 saturated heterocycles. The first kappa shape index (κ1) is 16.3. The van der Waals surface area contributed by atoms with Crippen LogP contribution in [0.1, 0.15) is 36.5 Å². The van der Waals surface area contributed by atoms with E-state index in [0.717, 1.165) is 31.9 Å². The third-order valence-corrected chi connectivity index (χ3v) is 4.00. The average molecular weight is 370 g/mol. The summed E-state index contributed by atoms with van der Waals surface area (Å²) in [5, 5.41) is 0.762. The molecule has 2 aromatic rings. The molecule has 0 fully saturated rings. The van der Waals surface area contributed by atoms with E-state index in [4.69, 9.17) is 22.1 Å². The Bertz CT molecular complexity index is 659. The van der Waals surface area contributed by atoms with Crippen LogP contribution in [0.25, 0.3) is 0 Å². The molecule has 0 unspecified atom stereocenters. The van der Waals surface area contributed by atoms with Crippen LogP contribution in [-0.2, 0) is 6.54 Å². The second-order valence-corrected chi connectivity index (χ2v) is 6.54. The van der Waals surface area contributed by atoms with Crippen molar-refractivity contribution in [2.75, 3.05) is 0 Å². The number of benzene rings is 1. The monoisotopic (exact) mass is 368 g/mol. The van der Waals surface area contributed by atoms with Gasteiger partial charge < -0.3 is 10.5 Å². The van der Waals surface area contributed by atoms with Crippen LogP contribution in [0.4, 0.5) is 0 Å². The molecule has 1 heterocycles. The Labute approximate surface area is 138 Å². The summed E-state index contributed by atoms with van der Waals surface area (Å²) < 4.78 is 6.84. The lowest BCUT2D eigenvalue weighted by Gasteiger charge is -2.15. The van der Waals surface area contributed by atoms with Crippen LogP contribution in [0.15, 0.2) is 28.9 Å². The van der Waals surface area contributed by atoms with Crippen LogP contribution >= 0.6 is 27.5 Å². The van der Waals surface area contributed by atoms with E-state index in [9.17, 15) is 0 Å². The summed E-state index contributed by atoms with van der Waals surface area (Å²) in [6, 6.07) is 5.82. The number of rotatable bonds is 4. The minimum absolute atomic E-state index is 0.326. The van der Waals surface area contributed by atoms with Gasteiger partial charge in [0.1, 0.15) is 5.75 Å². The summed E-state index contributed by atoms with van der Waals surface area (Å²) in [7, 11) is 0. The van der Waals surface area contributed by atoms with Gasteiger partial charge in [-0.1, -0.05) is 25.4 Å². The van der Waals surface area contributed by atoms with Crippen LogP contribution in [0, 0.1) is 6.92 Å². The minimum Gasteiger partial charge on any atom is -0.438 e. The van der Waals surface area contributed by atoms with E-state index >= 15 is 0 Å². The molecule has 0 amide bonds. The third kappa shape index (κ3) is 3.76. The number of aryl methyl sites for hydroxylation is 1. The molecule has 2 N–H and O–H groups in total. The van der Waals surface area contributed by atoms with Gasteiger partial charge in [-0.15, -0.1) is 0 Å². The fraction of sp³-hybridized carbons (Fsp3) is 0.312. The maximum absolute atomic E-state index is 6.28. The zero-order chi connectivity index (χ0) is 15.6. The summed E-state index contributed by atoms with van der Waals surface area (Å²) >= 11 is 9.67. The molecule has 0 aliphatic heterocycles. The fourth-order valence-electron chi connectivity index (χ4n) is 2.03. The van der Waals surface area contributed by atoms with Gasteiger partial charge in [0.2, 0.25) is 5.88 Å². The smallest absolute Gasteiger partial charge is 0.223 e. The molecule has 21 heavy (non-hydrogen) atoms. The van der Waals surface area contributed by atoms with Crippen molar-refractivity contribution in [1.82, 2.24) is 4.98 Å². The van der Waals surface area contributed by atoms with Gasteiger partial charge in [0, 0.05) is 27.8 Å². The lowest BCUT2D eigenvalue weighted by atomic mass is 10.0. The van der Waals surface area contributed by atoms with Crippen LogP contribution in [0.3, 0.4) is 0 Å². The first-order valence-electron chi connectivity index (χ1n) is 6.74. The number of aromatic nitrogens is 1. The molecule has 1 aromatic carbocycles. The van der Waals surface area contributed by atoms with E-state index in [1.807, 2.05) is 25.1 Å². The number of pyridine rings is 1. The van der Waals surface area contributed by atoms with Gasteiger partial charge in [0.15, 0.2) is 0 Å². The van der Waals surface area contributed by atoms with Crippen molar-refractivity contribution in [3.05, 3.63) is 50.6 Å². The Morgan fingerprint density at radius 2 is 2.05 bits per heavy atom. The summed E-state index contributed by atoms with van der Waals surface area (Å²) in [6.45, 7) is 6.53. The Kier molecular flexibility index (Phi) is 5.25. The highest BCUT2D eigenvalue weighted by atomic mass is 79.9. The standard InChI is InChI=1S/C16H18BrClN2O/c1-9(2)13-6-15(10(3)4-14(13)18)21-16-11(7-19)5-12(17)8-20-16/h4-6,8-9H,7,19H2,1-3H3. The molecular formula is C16H18BrClN2O. The number of nitrogens with two attached hydrogens (primary N) is 1. The molecule has 1 aromatic heterocycles. The number of hydrogen-bond acceptors (Lipinski definition) is 3. The maximum Gasteiger partial charge on any atom is 0.223 e. The molecule has 0 spiro atoms. The zero-order valence-corrected chi connectivity index (χ0v) is 14.6.